The lowest BCUT2D eigenvalue weighted by Crippen LogP contribution is -2.20. The van der Waals surface area contributed by atoms with Gasteiger partial charge in [-0.3, -0.25) is 4.79 Å². The molecule has 1 aliphatic rings. The molecule has 0 saturated heterocycles. The van der Waals surface area contributed by atoms with Crippen LogP contribution in [0.4, 0.5) is 0 Å². The number of carbonyl (C=O) groups excluding carboxylic acids is 1. The van der Waals surface area contributed by atoms with Crippen LogP contribution in [0, 0.1) is 0 Å². The van der Waals surface area contributed by atoms with E-state index in [9.17, 15) is 4.79 Å². The Balaban J connectivity index is 1.97. The van der Waals surface area contributed by atoms with E-state index in [1.807, 2.05) is 42.5 Å². The Hall–Kier alpha value is -1.41. The zero-order chi connectivity index (χ0) is 12.5. The fourth-order valence-electron chi connectivity index (χ4n) is 2.61. The zero-order valence-electron chi connectivity index (χ0n) is 9.90. The van der Waals surface area contributed by atoms with Crippen LogP contribution in [0.3, 0.4) is 0 Å². The van der Waals surface area contributed by atoms with Crippen molar-refractivity contribution in [3.8, 4) is 0 Å². The van der Waals surface area contributed by atoms with Crippen LogP contribution in [0.1, 0.15) is 33.8 Å². The standard InChI is InChI=1S/C16H13BrO/c17-13-8-5-12(6-9-13)15-10-7-11-3-1-2-4-14(11)16(15)18/h1-6,8-9,15H,7,10H2/t15-/m0/s1. The van der Waals surface area contributed by atoms with Crippen LogP contribution >= 0.6 is 15.9 Å². The van der Waals surface area contributed by atoms with Gasteiger partial charge in [-0.25, -0.2) is 0 Å². The van der Waals surface area contributed by atoms with Gasteiger partial charge in [-0.05, 0) is 36.1 Å². The highest BCUT2D eigenvalue weighted by Crippen LogP contribution is 2.32. The van der Waals surface area contributed by atoms with Gasteiger partial charge >= 0.3 is 0 Å². The molecule has 0 aromatic heterocycles. The monoisotopic (exact) mass is 300 g/mol. The molecule has 0 bridgehead atoms. The Bertz CT molecular complexity index is 586. The van der Waals surface area contributed by atoms with E-state index in [0.29, 0.717) is 0 Å². The maximum atomic E-state index is 12.5. The summed E-state index contributed by atoms with van der Waals surface area (Å²) in [5, 5.41) is 0. The first-order chi connectivity index (χ1) is 8.75. The third-order valence-electron chi connectivity index (χ3n) is 3.57. The largest absolute Gasteiger partial charge is 0.293 e. The summed E-state index contributed by atoms with van der Waals surface area (Å²) in [6.07, 6.45) is 1.90. The number of hydrogen-bond donors (Lipinski definition) is 0. The van der Waals surface area contributed by atoms with Crippen LogP contribution in [0.2, 0.25) is 0 Å². The van der Waals surface area contributed by atoms with Crippen LogP contribution in [-0.4, -0.2) is 5.78 Å². The predicted octanol–water partition coefficient (Wildman–Crippen LogP) is 4.36. The van der Waals surface area contributed by atoms with Gasteiger partial charge in [0.2, 0.25) is 0 Å². The van der Waals surface area contributed by atoms with E-state index in [1.165, 1.54) is 5.56 Å². The number of aryl methyl sites for hydroxylation is 1. The smallest absolute Gasteiger partial charge is 0.170 e. The summed E-state index contributed by atoms with van der Waals surface area (Å²) in [6.45, 7) is 0. The molecule has 90 valence electrons. The zero-order valence-corrected chi connectivity index (χ0v) is 11.5. The van der Waals surface area contributed by atoms with Crippen molar-refractivity contribution in [1.82, 2.24) is 0 Å². The number of fused-ring (bicyclic) bond motifs is 1. The first-order valence-corrected chi connectivity index (χ1v) is 6.92. The summed E-state index contributed by atoms with van der Waals surface area (Å²) in [5.41, 5.74) is 3.21. The SMILES string of the molecule is O=C1c2ccccc2CC[C@H]1c1ccc(Br)cc1. The Kier molecular flexibility index (Phi) is 3.04. The Morgan fingerprint density at radius 1 is 1.00 bits per heavy atom. The van der Waals surface area contributed by atoms with E-state index in [2.05, 4.69) is 22.0 Å². The normalized spacial score (nSPS) is 18.5. The molecule has 0 fully saturated rings. The van der Waals surface area contributed by atoms with Crippen molar-refractivity contribution in [3.63, 3.8) is 0 Å². The van der Waals surface area contributed by atoms with Crippen LogP contribution in [-0.2, 0) is 6.42 Å². The van der Waals surface area contributed by atoms with Gasteiger partial charge in [-0.2, -0.15) is 0 Å². The van der Waals surface area contributed by atoms with Crippen LogP contribution in [0.5, 0.6) is 0 Å². The molecule has 18 heavy (non-hydrogen) atoms. The minimum absolute atomic E-state index is 0.0213. The second-order valence-corrected chi connectivity index (χ2v) is 5.58. The molecule has 2 aromatic carbocycles. The van der Waals surface area contributed by atoms with Crippen molar-refractivity contribution in [1.29, 1.82) is 0 Å². The highest BCUT2D eigenvalue weighted by atomic mass is 79.9. The van der Waals surface area contributed by atoms with Crippen molar-refractivity contribution in [3.05, 3.63) is 69.7 Å². The van der Waals surface area contributed by atoms with Gasteiger partial charge in [0.15, 0.2) is 5.78 Å². The second-order valence-electron chi connectivity index (χ2n) is 4.66. The molecule has 1 nitrogen and oxygen atoms in total. The highest BCUT2D eigenvalue weighted by molar-refractivity contribution is 9.10. The van der Waals surface area contributed by atoms with E-state index in [1.54, 1.807) is 0 Å². The number of rotatable bonds is 1. The maximum Gasteiger partial charge on any atom is 0.170 e. The Morgan fingerprint density at radius 2 is 1.72 bits per heavy atom. The highest BCUT2D eigenvalue weighted by Gasteiger charge is 2.27. The summed E-state index contributed by atoms with van der Waals surface area (Å²) in [6, 6.07) is 16.0. The number of halogens is 1. The van der Waals surface area contributed by atoms with Crippen LogP contribution in [0.25, 0.3) is 0 Å². The van der Waals surface area contributed by atoms with Crippen molar-refractivity contribution in [2.75, 3.05) is 0 Å². The number of ketones is 1. The Labute approximate surface area is 115 Å². The molecule has 0 spiro atoms. The lowest BCUT2D eigenvalue weighted by molar-refractivity contribution is 0.0946. The van der Waals surface area contributed by atoms with E-state index in [0.717, 1.165) is 28.4 Å². The number of benzene rings is 2. The first kappa shape index (κ1) is 11.7. The fourth-order valence-corrected chi connectivity index (χ4v) is 2.87. The summed E-state index contributed by atoms with van der Waals surface area (Å²) >= 11 is 3.43. The molecule has 0 saturated carbocycles. The minimum Gasteiger partial charge on any atom is -0.293 e. The van der Waals surface area contributed by atoms with Crippen LogP contribution in [0.15, 0.2) is 53.0 Å². The average molecular weight is 301 g/mol. The van der Waals surface area contributed by atoms with Crippen molar-refractivity contribution < 1.29 is 4.79 Å². The lowest BCUT2D eigenvalue weighted by Gasteiger charge is -2.23. The molecular formula is C16H13BrO. The summed E-state index contributed by atoms with van der Waals surface area (Å²) < 4.78 is 1.05. The van der Waals surface area contributed by atoms with Crippen LogP contribution < -0.4 is 0 Å². The fraction of sp³-hybridized carbons (Fsp3) is 0.188. The van der Waals surface area contributed by atoms with E-state index in [4.69, 9.17) is 0 Å². The quantitative estimate of drug-likeness (QED) is 0.765. The number of carbonyl (C=O) groups is 1. The molecule has 3 rings (SSSR count). The molecule has 1 atom stereocenters. The summed E-state index contributed by atoms with van der Waals surface area (Å²) in [4.78, 5) is 12.5. The van der Waals surface area contributed by atoms with Gasteiger partial charge < -0.3 is 0 Å². The van der Waals surface area contributed by atoms with E-state index < -0.39 is 0 Å². The third-order valence-corrected chi connectivity index (χ3v) is 4.10. The summed E-state index contributed by atoms with van der Waals surface area (Å²) in [5.74, 6) is 0.284. The second kappa shape index (κ2) is 4.69. The Morgan fingerprint density at radius 3 is 2.50 bits per heavy atom. The third kappa shape index (κ3) is 2.01. The molecule has 1 aliphatic carbocycles. The van der Waals surface area contributed by atoms with Gasteiger partial charge in [0.1, 0.15) is 0 Å². The molecule has 2 heteroatoms. The summed E-state index contributed by atoms with van der Waals surface area (Å²) in [7, 11) is 0. The van der Waals surface area contributed by atoms with Gasteiger partial charge in [-0.1, -0.05) is 52.3 Å². The predicted molar refractivity (Wildman–Crippen MR) is 76.0 cm³/mol. The molecule has 0 aliphatic heterocycles. The molecule has 0 unspecified atom stereocenters. The first-order valence-electron chi connectivity index (χ1n) is 6.13. The average Bonchev–Trinajstić information content (AvgIpc) is 2.41. The van der Waals surface area contributed by atoms with Gasteiger partial charge in [-0.15, -0.1) is 0 Å². The topological polar surface area (TPSA) is 17.1 Å². The molecule has 0 N–H and O–H groups in total. The van der Waals surface area contributed by atoms with E-state index >= 15 is 0 Å². The molecule has 0 amide bonds. The van der Waals surface area contributed by atoms with Crippen molar-refractivity contribution >= 4 is 21.7 Å². The molecule has 0 radical (unpaired) electrons. The maximum absolute atomic E-state index is 12.5. The minimum atomic E-state index is 0.0213. The lowest BCUT2D eigenvalue weighted by atomic mass is 9.79. The van der Waals surface area contributed by atoms with Crippen molar-refractivity contribution in [2.45, 2.75) is 18.8 Å². The van der Waals surface area contributed by atoms with Crippen molar-refractivity contribution in [2.24, 2.45) is 0 Å². The van der Waals surface area contributed by atoms with Gasteiger partial charge in [0, 0.05) is 16.0 Å². The number of hydrogen-bond acceptors (Lipinski definition) is 1. The molecule has 2 aromatic rings. The molecule has 0 heterocycles. The van der Waals surface area contributed by atoms with Gasteiger partial charge in [0.05, 0.1) is 0 Å². The van der Waals surface area contributed by atoms with Gasteiger partial charge in [0.25, 0.3) is 0 Å². The molecular weight excluding hydrogens is 288 g/mol. The number of Topliss-reactive ketones (excluding diaryl/α,β-unsaturated/α-hetero) is 1. The van der Waals surface area contributed by atoms with E-state index in [-0.39, 0.29) is 11.7 Å².